The van der Waals surface area contributed by atoms with Gasteiger partial charge in [0.15, 0.2) is 5.69 Å². The molecule has 10 nitrogen and oxygen atoms in total. The summed E-state index contributed by atoms with van der Waals surface area (Å²) in [7, 11) is 0. The van der Waals surface area contributed by atoms with Gasteiger partial charge in [-0.2, -0.15) is 4.37 Å². The van der Waals surface area contributed by atoms with E-state index in [1.165, 1.54) is 6.20 Å². The highest BCUT2D eigenvalue weighted by molar-refractivity contribution is 7.06. The number of nitrogens with zero attached hydrogens (tertiary/aromatic N) is 2. The van der Waals surface area contributed by atoms with Crippen LogP contribution in [0.25, 0.3) is 0 Å². The maximum absolute atomic E-state index is 12.4. The molecule has 1 amide bonds. The number of carboxylic acid groups (broad SMARTS) is 1. The first-order chi connectivity index (χ1) is 16.7. The summed E-state index contributed by atoms with van der Waals surface area (Å²) in [5.74, 6) is 3.56. The maximum Gasteiger partial charge on any atom is 0.412 e. The van der Waals surface area contributed by atoms with Crippen LogP contribution in [0.2, 0.25) is 5.02 Å². The summed E-state index contributed by atoms with van der Waals surface area (Å²) in [6, 6.07) is 7.06. The molecule has 1 unspecified atom stereocenters. The number of oxazole rings is 1. The van der Waals surface area contributed by atoms with E-state index in [0.29, 0.717) is 34.0 Å². The first kappa shape index (κ1) is 24.3. The summed E-state index contributed by atoms with van der Waals surface area (Å²) in [6.07, 6.45) is 0.757. The third kappa shape index (κ3) is 5.29. The van der Waals surface area contributed by atoms with Gasteiger partial charge < -0.3 is 19.0 Å². The van der Waals surface area contributed by atoms with Crippen LogP contribution in [0.4, 0.5) is 10.5 Å². The predicted octanol–water partition coefficient (Wildman–Crippen LogP) is 4.93. The van der Waals surface area contributed by atoms with E-state index in [-0.39, 0.29) is 17.5 Å². The van der Waals surface area contributed by atoms with Gasteiger partial charge in [-0.25, -0.2) is 9.78 Å². The molecule has 0 saturated heterocycles. The summed E-state index contributed by atoms with van der Waals surface area (Å²) < 4.78 is 20.1. The Labute approximate surface area is 208 Å². The van der Waals surface area contributed by atoms with Crippen molar-refractivity contribution in [3.63, 3.8) is 0 Å². The van der Waals surface area contributed by atoms with Crippen molar-refractivity contribution in [2.24, 2.45) is 0 Å². The Balaban J connectivity index is 1.39. The van der Waals surface area contributed by atoms with E-state index < -0.39 is 29.5 Å². The largest absolute Gasteiger partial charge is 0.480 e. The molecular formula is C23H19ClN4O6S. The van der Waals surface area contributed by atoms with Gasteiger partial charge >= 0.3 is 18.0 Å². The van der Waals surface area contributed by atoms with Gasteiger partial charge in [0.2, 0.25) is 5.89 Å². The second-order valence-electron chi connectivity index (χ2n) is 7.71. The highest BCUT2D eigenvalue weighted by Gasteiger charge is 2.56. The lowest BCUT2D eigenvalue weighted by molar-refractivity contribution is -0.140. The summed E-state index contributed by atoms with van der Waals surface area (Å²) in [6.45, 7) is 3.46. The number of hydrogen-bond acceptors (Lipinski definition) is 9. The molecule has 1 aliphatic carbocycles. The Morgan fingerprint density at radius 2 is 2.11 bits per heavy atom. The van der Waals surface area contributed by atoms with Crippen LogP contribution >= 0.6 is 23.1 Å². The molecule has 1 aliphatic rings. The molecule has 2 aromatic heterocycles. The molecule has 1 fully saturated rings. The van der Waals surface area contributed by atoms with Crippen molar-refractivity contribution in [3.8, 4) is 17.8 Å². The topological polar surface area (TPSA) is 148 Å². The normalized spacial score (nSPS) is 14.3. The Kier molecular flexibility index (Phi) is 6.77. The number of aryl methyl sites for hydroxylation is 1. The number of rotatable bonds is 6. The number of nitrogens with one attached hydrogen (secondary N) is 2. The van der Waals surface area contributed by atoms with Crippen molar-refractivity contribution in [2.75, 3.05) is 5.32 Å². The zero-order valence-electron chi connectivity index (χ0n) is 18.5. The van der Waals surface area contributed by atoms with E-state index in [2.05, 4.69) is 26.5 Å². The van der Waals surface area contributed by atoms with Crippen LogP contribution in [-0.4, -0.2) is 32.4 Å². The van der Waals surface area contributed by atoms with Gasteiger partial charge in [0.25, 0.3) is 5.90 Å². The van der Waals surface area contributed by atoms with Crippen molar-refractivity contribution in [2.45, 2.75) is 38.2 Å². The number of carbonyl (C=O) groups excluding carboxylic acids is 1. The van der Waals surface area contributed by atoms with Gasteiger partial charge in [0.05, 0.1) is 5.69 Å². The van der Waals surface area contributed by atoms with Crippen molar-refractivity contribution in [1.82, 2.24) is 9.36 Å². The first-order valence-corrected chi connectivity index (χ1v) is 11.5. The number of hydrogen-bond donors (Lipinski definition) is 3. The van der Waals surface area contributed by atoms with Gasteiger partial charge in [-0.3, -0.25) is 15.5 Å². The second-order valence-corrected chi connectivity index (χ2v) is 9.09. The number of carbonyl (C=O) groups is 2. The number of benzene rings is 1. The number of anilines is 1. The summed E-state index contributed by atoms with van der Waals surface area (Å²) in [5, 5.41) is 20.4. The molecule has 0 radical (unpaired) electrons. The van der Waals surface area contributed by atoms with Crippen LogP contribution in [0.5, 0.6) is 5.95 Å². The van der Waals surface area contributed by atoms with Crippen molar-refractivity contribution in [3.05, 3.63) is 57.5 Å². The van der Waals surface area contributed by atoms with E-state index in [1.54, 1.807) is 38.1 Å². The van der Waals surface area contributed by atoms with Crippen molar-refractivity contribution >= 4 is 46.8 Å². The molecule has 180 valence electrons. The minimum Gasteiger partial charge on any atom is -0.480 e. The van der Waals surface area contributed by atoms with Crippen LogP contribution in [0.1, 0.15) is 47.9 Å². The average Bonchev–Trinajstić information content (AvgIpc) is 3.39. The van der Waals surface area contributed by atoms with Crippen LogP contribution < -0.4 is 10.1 Å². The van der Waals surface area contributed by atoms with Gasteiger partial charge in [-0.05, 0) is 56.1 Å². The zero-order valence-corrected chi connectivity index (χ0v) is 20.1. The number of aliphatic carboxylic acids is 1. The van der Waals surface area contributed by atoms with Crippen molar-refractivity contribution < 1.29 is 28.6 Å². The second kappa shape index (κ2) is 9.77. The smallest absolute Gasteiger partial charge is 0.412 e. The van der Waals surface area contributed by atoms with Crippen LogP contribution in [0, 0.1) is 24.2 Å². The minimum atomic E-state index is -1.12. The lowest BCUT2D eigenvalue weighted by Crippen LogP contribution is -2.19. The fraction of sp³-hybridized carbons (Fsp3) is 0.261. The molecule has 0 spiro atoms. The summed E-state index contributed by atoms with van der Waals surface area (Å²) in [4.78, 5) is 28.5. The molecule has 1 saturated carbocycles. The highest BCUT2D eigenvalue weighted by atomic mass is 35.5. The van der Waals surface area contributed by atoms with Gasteiger partial charge in [-0.15, -0.1) is 0 Å². The fourth-order valence-electron chi connectivity index (χ4n) is 3.18. The standard InChI is InChI=1S/C23H19ClN4O6S/c1-12(14-5-3-4-6-15(14)24)32-22(31)27-19-13(2)35-28-16(19)7-8-17(25)33-18-11-26-20(34-18)23(9-10-23)21(29)30/h3-6,11-12,25H,9-10H2,1-2H3,(H,27,31)(H,29,30). The van der Waals surface area contributed by atoms with Crippen LogP contribution in [0.3, 0.4) is 0 Å². The third-order valence-corrected chi connectivity index (χ3v) is 6.36. The molecule has 0 bridgehead atoms. The van der Waals surface area contributed by atoms with E-state index in [1.807, 2.05) is 0 Å². The lowest BCUT2D eigenvalue weighted by Gasteiger charge is -2.15. The summed E-state index contributed by atoms with van der Waals surface area (Å²) in [5.41, 5.74) is 0.128. The number of ether oxygens (including phenoxy) is 2. The van der Waals surface area contributed by atoms with Gasteiger partial charge in [0, 0.05) is 15.5 Å². The minimum absolute atomic E-state index is 0.0342. The number of halogens is 1. The average molecular weight is 515 g/mol. The molecule has 0 aliphatic heterocycles. The van der Waals surface area contributed by atoms with Crippen LogP contribution in [0.15, 0.2) is 34.9 Å². The Hall–Kier alpha value is -3.88. The number of carboxylic acids is 1. The monoisotopic (exact) mass is 514 g/mol. The van der Waals surface area contributed by atoms with E-state index in [4.69, 9.17) is 30.9 Å². The number of amides is 1. The molecule has 12 heteroatoms. The van der Waals surface area contributed by atoms with Gasteiger partial charge in [0.1, 0.15) is 17.7 Å². The van der Waals surface area contributed by atoms with E-state index in [0.717, 1.165) is 11.5 Å². The summed E-state index contributed by atoms with van der Waals surface area (Å²) >= 11 is 7.28. The van der Waals surface area contributed by atoms with Gasteiger partial charge in [-0.1, -0.05) is 29.8 Å². The SMILES string of the molecule is Cc1snc(C#CC(=N)Oc2cnc(C3(C(=O)O)CC3)o2)c1NC(=O)OC(C)c1ccccc1Cl. The quantitative estimate of drug-likeness (QED) is 0.238. The molecule has 1 atom stereocenters. The Bertz CT molecular complexity index is 1370. The fourth-order valence-corrected chi connectivity index (χ4v) is 4.07. The van der Waals surface area contributed by atoms with E-state index in [9.17, 15) is 14.7 Å². The van der Waals surface area contributed by atoms with Crippen molar-refractivity contribution in [1.29, 1.82) is 5.41 Å². The number of aromatic nitrogens is 2. The molecule has 2 heterocycles. The molecule has 3 N–H and O–H groups in total. The first-order valence-electron chi connectivity index (χ1n) is 10.4. The molecular weight excluding hydrogens is 496 g/mol. The molecule has 3 aromatic rings. The van der Waals surface area contributed by atoms with Crippen LogP contribution in [-0.2, 0) is 14.9 Å². The molecule has 35 heavy (non-hydrogen) atoms. The van der Waals surface area contributed by atoms with E-state index >= 15 is 0 Å². The maximum atomic E-state index is 12.4. The Morgan fingerprint density at radius 3 is 2.80 bits per heavy atom. The Morgan fingerprint density at radius 1 is 1.37 bits per heavy atom. The third-order valence-electron chi connectivity index (χ3n) is 5.27. The molecule has 4 rings (SSSR count). The highest BCUT2D eigenvalue weighted by Crippen LogP contribution is 2.48. The lowest BCUT2D eigenvalue weighted by atomic mass is 10.1. The zero-order chi connectivity index (χ0) is 25.2. The predicted molar refractivity (Wildman–Crippen MR) is 127 cm³/mol. The molecule has 1 aromatic carbocycles.